The van der Waals surface area contributed by atoms with E-state index in [0.717, 1.165) is 29.1 Å². The third-order valence-corrected chi connectivity index (χ3v) is 5.75. The minimum Gasteiger partial charge on any atom is -0.478 e. The van der Waals surface area contributed by atoms with Gasteiger partial charge in [-0.15, -0.1) is 0 Å². The number of halogens is 1. The molecule has 0 saturated carbocycles. The quantitative estimate of drug-likeness (QED) is 0.522. The zero-order valence-electron chi connectivity index (χ0n) is 17.1. The van der Waals surface area contributed by atoms with Crippen molar-refractivity contribution in [1.82, 2.24) is 9.88 Å². The molecule has 1 heterocycles. The molecule has 152 valence electrons. The zero-order valence-corrected chi connectivity index (χ0v) is 17.8. The molecule has 0 aliphatic heterocycles. The van der Waals surface area contributed by atoms with Crippen molar-refractivity contribution in [3.63, 3.8) is 0 Å². The molecule has 1 aromatic heterocycles. The van der Waals surface area contributed by atoms with Crippen LogP contribution in [0.2, 0.25) is 5.02 Å². The monoisotopic (exact) mass is 410 g/mol. The summed E-state index contributed by atoms with van der Waals surface area (Å²) in [7, 11) is 0. The predicted molar refractivity (Wildman–Crippen MR) is 118 cm³/mol. The summed E-state index contributed by atoms with van der Waals surface area (Å²) in [6, 6.07) is 18.0. The summed E-state index contributed by atoms with van der Waals surface area (Å²) in [4.78, 5) is 12.0. The minimum absolute atomic E-state index is 0.349. The first kappa shape index (κ1) is 21.2. The van der Waals surface area contributed by atoms with Gasteiger partial charge >= 0.3 is 5.97 Å². The van der Waals surface area contributed by atoms with E-state index >= 15 is 0 Å². The van der Waals surface area contributed by atoms with E-state index in [0.29, 0.717) is 29.6 Å². The topological polar surface area (TPSA) is 54.3 Å². The van der Waals surface area contributed by atoms with Crippen LogP contribution in [0.15, 0.2) is 54.6 Å². The number of hydrogen-bond acceptors (Lipinski definition) is 2. The van der Waals surface area contributed by atoms with Gasteiger partial charge < -0.3 is 15.0 Å². The van der Waals surface area contributed by atoms with Gasteiger partial charge in [-0.25, -0.2) is 4.79 Å². The van der Waals surface area contributed by atoms with Crippen molar-refractivity contribution >= 4 is 17.6 Å². The maximum Gasteiger partial charge on any atom is 0.337 e. The molecule has 3 rings (SSSR count). The predicted octanol–water partition coefficient (Wildman–Crippen LogP) is 5.40. The average molecular weight is 411 g/mol. The molecule has 0 fully saturated rings. The molecule has 4 nitrogen and oxygen atoms in total. The highest BCUT2D eigenvalue weighted by Gasteiger charge is 2.22. The van der Waals surface area contributed by atoms with Crippen LogP contribution >= 0.6 is 11.6 Å². The van der Waals surface area contributed by atoms with Crippen molar-refractivity contribution in [2.45, 2.75) is 39.8 Å². The highest BCUT2D eigenvalue weighted by molar-refractivity contribution is 6.30. The first-order chi connectivity index (χ1) is 13.9. The molecule has 2 aromatic carbocycles. The number of carbonyl (C=O) groups is 1. The van der Waals surface area contributed by atoms with Crippen molar-refractivity contribution < 1.29 is 9.90 Å². The van der Waals surface area contributed by atoms with Gasteiger partial charge in [0.1, 0.15) is 0 Å². The van der Waals surface area contributed by atoms with Crippen LogP contribution in [0.1, 0.15) is 51.3 Å². The Hall–Kier alpha value is -2.56. The van der Waals surface area contributed by atoms with Crippen molar-refractivity contribution in [3.8, 4) is 0 Å². The van der Waals surface area contributed by atoms with Gasteiger partial charge in [0, 0.05) is 41.6 Å². The van der Waals surface area contributed by atoms with Crippen molar-refractivity contribution in [2.75, 3.05) is 6.54 Å². The Kier molecular flexibility index (Phi) is 6.78. The second-order valence-corrected chi connectivity index (χ2v) is 7.92. The van der Waals surface area contributed by atoms with Gasteiger partial charge in [0.05, 0.1) is 5.56 Å². The van der Waals surface area contributed by atoms with Crippen molar-refractivity contribution in [2.24, 2.45) is 0 Å². The Morgan fingerprint density at radius 3 is 2.34 bits per heavy atom. The maximum atomic E-state index is 12.0. The molecule has 0 bridgehead atoms. The molecule has 3 aromatic rings. The maximum absolute atomic E-state index is 12.0. The Morgan fingerprint density at radius 1 is 1.07 bits per heavy atom. The second-order valence-electron chi connectivity index (χ2n) is 7.48. The van der Waals surface area contributed by atoms with Gasteiger partial charge in [0.25, 0.3) is 0 Å². The van der Waals surface area contributed by atoms with Crippen LogP contribution < -0.4 is 5.32 Å². The lowest BCUT2D eigenvalue weighted by atomic mass is 10.0. The minimum atomic E-state index is -0.881. The molecular weight excluding hydrogens is 384 g/mol. The molecule has 5 heteroatoms. The lowest BCUT2D eigenvalue weighted by Gasteiger charge is -2.14. The van der Waals surface area contributed by atoms with Crippen LogP contribution in [0.5, 0.6) is 0 Å². The molecule has 0 amide bonds. The van der Waals surface area contributed by atoms with Crippen LogP contribution in [-0.2, 0) is 13.1 Å². The number of carboxylic acid groups (broad SMARTS) is 1. The van der Waals surface area contributed by atoms with Gasteiger partial charge in [-0.2, -0.15) is 0 Å². The molecule has 2 N–H and O–H groups in total. The van der Waals surface area contributed by atoms with Crippen LogP contribution in [-0.4, -0.2) is 22.2 Å². The van der Waals surface area contributed by atoms with Gasteiger partial charge in [0.15, 0.2) is 0 Å². The standard InChI is InChI=1S/C24H27ClN2O2/c1-16(20-7-5-4-6-8-20)13-26-14-22-17(2)27(18(3)23(22)24(28)29)15-19-9-11-21(25)12-10-19/h4-12,16,26H,13-15H2,1-3H3,(H,28,29)/t16-/m1/s1. The highest BCUT2D eigenvalue weighted by Crippen LogP contribution is 2.24. The molecule has 0 radical (unpaired) electrons. The number of nitrogens with zero attached hydrogens (tertiary/aromatic N) is 1. The van der Waals surface area contributed by atoms with Gasteiger partial charge in [0.2, 0.25) is 0 Å². The van der Waals surface area contributed by atoms with Crippen molar-refractivity contribution in [3.05, 3.63) is 93.3 Å². The van der Waals surface area contributed by atoms with E-state index in [1.165, 1.54) is 5.56 Å². The Balaban J connectivity index is 1.78. The van der Waals surface area contributed by atoms with Crippen molar-refractivity contribution in [1.29, 1.82) is 0 Å². The Labute approximate surface area is 177 Å². The summed E-state index contributed by atoms with van der Waals surface area (Å²) >= 11 is 5.98. The van der Waals surface area contributed by atoms with E-state index in [1.807, 2.05) is 56.3 Å². The summed E-state index contributed by atoms with van der Waals surface area (Å²) in [5.41, 5.74) is 5.37. The van der Waals surface area contributed by atoms with Crippen LogP contribution in [0.25, 0.3) is 0 Å². The normalized spacial score (nSPS) is 12.1. The first-order valence-electron chi connectivity index (χ1n) is 9.80. The Bertz CT molecular complexity index is 978. The van der Waals surface area contributed by atoms with Gasteiger partial charge in [-0.05, 0) is 43.0 Å². The fraction of sp³-hybridized carbons (Fsp3) is 0.292. The first-order valence-corrected chi connectivity index (χ1v) is 10.2. The number of benzene rings is 2. The smallest absolute Gasteiger partial charge is 0.337 e. The summed E-state index contributed by atoms with van der Waals surface area (Å²) < 4.78 is 2.07. The molecular formula is C24H27ClN2O2. The fourth-order valence-electron chi connectivity index (χ4n) is 3.77. The van der Waals surface area contributed by atoms with E-state index in [-0.39, 0.29) is 0 Å². The molecule has 1 atom stereocenters. The Morgan fingerprint density at radius 2 is 1.72 bits per heavy atom. The highest BCUT2D eigenvalue weighted by atomic mass is 35.5. The van der Waals surface area contributed by atoms with Crippen LogP contribution in [0.3, 0.4) is 0 Å². The number of nitrogens with one attached hydrogen (secondary N) is 1. The lowest BCUT2D eigenvalue weighted by molar-refractivity contribution is 0.0694. The number of hydrogen-bond donors (Lipinski definition) is 2. The third kappa shape index (κ3) is 4.89. The van der Waals surface area contributed by atoms with Crippen LogP contribution in [0.4, 0.5) is 0 Å². The summed E-state index contributed by atoms with van der Waals surface area (Å²) in [6.45, 7) is 7.97. The summed E-state index contributed by atoms with van der Waals surface area (Å²) in [5.74, 6) is -0.532. The molecule has 0 unspecified atom stereocenters. The van der Waals surface area contributed by atoms with E-state index in [2.05, 4.69) is 28.9 Å². The molecule has 0 aliphatic rings. The average Bonchev–Trinajstić information content (AvgIpc) is 2.94. The third-order valence-electron chi connectivity index (χ3n) is 5.50. The van der Waals surface area contributed by atoms with Crippen LogP contribution in [0, 0.1) is 13.8 Å². The van der Waals surface area contributed by atoms with E-state index in [9.17, 15) is 9.90 Å². The number of carboxylic acids is 1. The molecule has 29 heavy (non-hydrogen) atoms. The largest absolute Gasteiger partial charge is 0.478 e. The summed E-state index contributed by atoms with van der Waals surface area (Å²) in [5, 5.41) is 14.0. The number of aromatic carboxylic acids is 1. The number of rotatable bonds is 8. The van der Waals surface area contributed by atoms with E-state index in [1.54, 1.807) is 0 Å². The molecule has 0 spiro atoms. The van der Waals surface area contributed by atoms with Gasteiger partial charge in [-0.3, -0.25) is 0 Å². The van der Waals surface area contributed by atoms with E-state index < -0.39 is 5.97 Å². The molecule has 0 saturated heterocycles. The SMILES string of the molecule is Cc1c(CNC[C@@H](C)c2ccccc2)c(C(=O)O)c(C)n1Cc1ccc(Cl)cc1. The summed E-state index contributed by atoms with van der Waals surface area (Å²) in [6.07, 6.45) is 0. The van der Waals surface area contributed by atoms with Gasteiger partial charge in [-0.1, -0.05) is 61.0 Å². The lowest BCUT2D eigenvalue weighted by Crippen LogP contribution is -2.21. The number of aromatic nitrogens is 1. The fourth-order valence-corrected chi connectivity index (χ4v) is 3.90. The van der Waals surface area contributed by atoms with E-state index in [4.69, 9.17) is 11.6 Å². The second kappa shape index (κ2) is 9.29. The zero-order chi connectivity index (χ0) is 21.0. The molecule has 0 aliphatic carbocycles.